The molecule has 2 atom stereocenters. The number of hydrogen-bond acceptors (Lipinski definition) is 4. The summed E-state index contributed by atoms with van der Waals surface area (Å²) in [6, 6.07) is 18.2. The van der Waals surface area contributed by atoms with Crippen LogP contribution in [0.3, 0.4) is 0 Å². The van der Waals surface area contributed by atoms with Crippen LogP contribution in [0.5, 0.6) is 5.75 Å². The number of carbonyl (C=O) groups excluding carboxylic acids is 1. The normalized spacial score (nSPS) is 17.2. The van der Waals surface area contributed by atoms with E-state index in [9.17, 15) is 4.79 Å². The number of methoxy groups -OCH3 is 1. The Morgan fingerprint density at radius 1 is 1.14 bits per heavy atom. The Bertz CT molecular complexity index is 1330. The monoisotopic (exact) mass is 482 g/mol. The number of hydrogen-bond donors (Lipinski definition) is 2. The molecule has 2 N–H and O–H groups in total. The average molecular weight is 483 g/mol. The number of rotatable bonds is 8. The molecule has 0 aliphatic carbocycles. The van der Waals surface area contributed by atoms with E-state index in [0.29, 0.717) is 18.9 Å². The number of aromatic nitrogens is 2. The van der Waals surface area contributed by atoms with Crippen molar-refractivity contribution in [3.05, 3.63) is 95.4 Å². The highest BCUT2D eigenvalue weighted by Gasteiger charge is 2.30. The summed E-state index contributed by atoms with van der Waals surface area (Å²) in [4.78, 5) is 17.7. The highest BCUT2D eigenvalue weighted by atomic mass is 16.5. The lowest BCUT2D eigenvalue weighted by Crippen LogP contribution is -2.46. The first-order chi connectivity index (χ1) is 17.5. The van der Waals surface area contributed by atoms with Crippen LogP contribution in [-0.4, -0.2) is 28.6 Å². The van der Waals surface area contributed by atoms with Crippen molar-refractivity contribution in [2.45, 2.75) is 51.9 Å². The SMILES string of the molecule is COc1ccc(CNC(=O)C2Cc3cn(Cc4cccnc4)c4cccc(c34)C(CC(C)C)N2)cc1. The molecule has 2 aromatic carbocycles. The van der Waals surface area contributed by atoms with Gasteiger partial charge in [0.05, 0.1) is 13.2 Å². The summed E-state index contributed by atoms with van der Waals surface area (Å²) in [6.45, 7) is 5.71. The van der Waals surface area contributed by atoms with Crippen LogP contribution in [0.15, 0.2) is 73.2 Å². The van der Waals surface area contributed by atoms with Crippen LogP contribution in [0.4, 0.5) is 0 Å². The van der Waals surface area contributed by atoms with Gasteiger partial charge in [-0.1, -0.05) is 44.2 Å². The van der Waals surface area contributed by atoms with Crippen molar-refractivity contribution in [1.82, 2.24) is 20.2 Å². The summed E-state index contributed by atoms with van der Waals surface area (Å²) >= 11 is 0. The smallest absolute Gasteiger partial charge is 0.237 e. The van der Waals surface area contributed by atoms with E-state index in [1.54, 1.807) is 13.3 Å². The molecule has 1 aliphatic rings. The predicted octanol–water partition coefficient (Wildman–Crippen LogP) is 5.01. The Hall–Kier alpha value is -3.64. The van der Waals surface area contributed by atoms with Crippen molar-refractivity contribution >= 4 is 16.8 Å². The standard InChI is InChI=1S/C30H34N4O2/c1-20(2)14-26-25-7-4-8-28-29(25)23(19-34(28)18-22-6-5-13-31-16-22)15-27(33-26)30(35)32-17-21-9-11-24(36-3)12-10-21/h4-13,16,19-20,26-27,33H,14-15,17-18H2,1-3H3,(H,32,35). The van der Waals surface area contributed by atoms with Crippen LogP contribution >= 0.6 is 0 Å². The van der Waals surface area contributed by atoms with Gasteiger partial charge in [0.25, 0.3) is 0 Å². The number of carbonyl (C=O) groups is 1. The molecule has 0 bridgehead atoms. The van der Waals surface area contributed by atoms with E-state index >= 15 is 0 Å². The van der Waals surface area contributed by atoms with Gasteiger partial charge in [0, 0.05) is 48.6 Å². The summed E-state index contributed by atoms with van der Waals surface area (Å²) in [5.41, 5.74) is 5.92. The molecule has 4 aromatic rings. The van der Waals surface area contributed by atoms with E-state index in [4.69, 9.17) is 4.74 Å². The lowest BCUT2D eigenvalue weighted by atomic mass is 9.94. The van der Waals surface area contributed by atoms with Crippen molar-refractivity contribution in [3.8, 4) is 5.75 Å². The highest BCUT2D eigenvalue weighted by Crippen LogP contribution is 2.36. The fraction of sp³-hybridized carbons (Fsp3) is 0.333. The highest BCUT2D eigenvalue weighted by molar-refractivity contribution is 5.90. The molecule has 6 heteroatoms. The Balaban J connectivity index is 1.43. The molecular weight excluding hydrogens is 448 g/mol. The lowest BCUT2D eigenvalue weighted by molar-refractivity contribution is -0.123. The number of amides is 1. The number of nitrogens with one attached hydrogen (secondary N) is 2. The van der Waals surface area contributed by atoms with Crippen LogP contribution in [0.25, 0.3) is 10.9 Å². The van der Waals surface area contributed by atoms with E-state index in [1.807, 2.05) is 36.5 Å². The van der Waals surface area contributed by atoms with Gasteiger partial charge in [0.15, 0.2) is 0 Å². The molecule has 0 saturated heterocycles. The average Bonchev–Trinajstić information content (AvgIpc) is 3.15. The Labute approximate surface area is 212 Å². The molecule has 36 heavy (non-hydrogen) atoms. The molecule has 186 valence electrons. The molecule has 1 amide bonds. The van der Waals surface area contributed by atoms with E-state index in [-0.39, 0.29) is 18.0 Å². The topological polar surface area (TPSA) is 68.2 Å². The van der Waals surface area contributed by atoms with Crippen molar-refractivity contribution < 1.29 is 9.53 Å². The fourth-order valence-electron chi connectivity index (χ4n) is 5.24. The molecule has 2 aromatic heterocycles. The summed E-state index contributed by atoms with van der Waals surface area (Å²) in [6.07, 6.45) is 7.56. The molecule has 2 unspecified atom stereocenters. The number of nitrogens with zero attached hydrogens (tertiary/aromatic N) is 2. The summed E-state index contributed by atoms with van der Waals surface area (Å²) in [5.74, 6) is 1.34. The van der Waals surface area contributed by atoms with Crippen LogP contribution in [0, 0.1) is 5.92 Å². The fourth-order valence-corrected chi connectivity index (χ4v) is 5.24. The minimum atomic E-state index is -0.308. The van der Waals surface area contributed by atoms with Crippen LogP contribution < -0.4 is 15.4 Å². The maximum atomic E-state index is 13.4. The summed E-state index contributed by atoms with van der Waals surface area (Å²) < 4.78 is 7.54. The number of benzene rings is 2. The molecule has 0 saturated carbocycles. The molecular formula is C30H34N4O2. The van der Waals surface area contributed by atoms with Gasteiger partial charge in [-0.3, -0.25) is 15.1 Å². The van der Waals surface area contributed by atoms with Gasteiger partial charge in [-0.25, -0.2) is 0 Å². The largest absolute Gasteiger partial charge is 0.497 e. The van der Waals surface area contributed by atoms with Crippen LogP contribution in [-0.2, 0) is 24.3 Å². The second kappa shape index (κ2) is 10.5. The third-order valence-electron chi connectivity index (χ3n) is 6.94. The third-order valence-corrected chi connectivity index (χ3v) is 6.94. The molecule has 1 aliphatic heterocycles. The number of pyridine rings is 1. The van der Waals surface area contributed by atoms with Gasteiger partial charge in [0.2, 0.25) is 5.91 Å². The first kappa shape index (κ1) is 24.1. The molecule has 3 heterocycles. The Morgan fingerprint density at radius 3 is 2.69 bits per heavy atom. The van der Waals surface area contributed by atoms with E-state index in [0.717, 1.165) is 29.8 Å². The minimum absolute atomic E-state index is 0.0283. The second-order valence-corrected chi connectivity index (χ2v) is 10.1. The zero-order valence-corrected chi connectivity index (χ0v) is 21.2. The zero-order chi connectivity index (χ0) is 25.1. The summed E-state index contributed by atoms with van der Waals surface area (Å²) in [7, 11) is 1.65. The van der Waals surface area contributed by atoms with E-state index in [2.05, 4.69) is 64.5 Å². The van der Waals surface area contributed by atoms with Gasteiger partial charge >= 0.3 is 0 Å². The molecule has 0 fully saturated rings. The van der Waals surface area contributed by atoms with Gasteiger partial charge < -0.3 is 14.6 Å². The van der Waals surface area contributed by atoms with Gasteiger partial charge in [-0.15, -0.1) is 0 Å². The molecule has 6 nitrogen and oxygen atoms in total. The van der Waals surface area contributed by atoms with Crippen molar-refractivity contribution in [2.75, 3.05) is 7.11 Å². The van der Waals surface area contributed by atoms with Gasteiger partial charge in [0.1, 0.15) is 5.75 Å². The van der Waals surface area contributed by atoms with Crippen LogP contribution in [0.1, 0.15) is 48.6 Å². The van der Waals surface area contributed by atoms with Gasteiger partial charge in [-0.05, 0) is 65.3 Å². The van der Waals surface area contributed by atoms with Crippen molar-refractivity contribution in [3.63, 3.8) is 0 Å². The van der Waals surface area contributed by atoms with Gasteiger partial charge in [-0.2, -0.15) is 0 Å². The quantitative estimate of drug-likeness (QED) is 0.370. The zero-order valence-electron chi connectivity index (χ0n) is 21.2. The van der Waals surface area contributed by atoms with E-state index in [1.165, 1.54) is 22.0 Å². The first-order valence-electron chi connectivity index (χ1n) is 12.7. The Kier molecular flexibility index (Phi) is 7.05. The second-order valence-electron chi connectivity index (χ2n) is 10.1. The molecule has 0 spiro atoms. The van der Waals surface area contributed by atoms with Crippen molar-refractivity contribution in [2.24, 2.45) is 5.92 Å². The predicted molar refractivity (Wildman–Crippen MR) is 143 cm³/mol. The Morgan fingerprint density at radius 2 is 1.97 bits per heavy atom. The lowest BCUT2D eigenvalue weighted by Gasteiger charge is -2.25. The third kappa shape index (κ3) is 5.14. The minimum Gasteiger partial charge on any atom is -0.497 e. The van der Waals surface area contributed by atoms with E-state index < -0.39 is 0 Å². The van der Waals surface area contributed by atoms with Crippen molar-refractivity contribution in [1.29, 1.82) is 0 Å². The first-order valence-corrected chi connectivity index (χ1v) is 12.7. The molecule has 5 rings (SSSR count). The molecule has 0 radical (unpaired) electrons. The summed E-state index contributed by atoms with van der Waals surface area (Å²) in [5, 5.41) is 8.15. The maximum absolute atomic E-state index is 13.4. The number of ether oxygens (including phenoxy) is 1. The maximum Gasteiger partial charge on any atom is 0.237 e. The van der Waals surface area contributed by atoms with Crippen LogP contribution in [0.2, 0.25) is 0 Å².